The van der Waals surface area contributed by atoms with Crippen LogP contribution in [0.5, 0.6) is 0 Å². The van der Waals surface area contributed by atoms with Gasteiger partial charge in [0.25, 0.3) is 5.91 Å². The van der Waals surface area contributed by atoms with Crippen molar-refractivity contribution in [2.45, 2.75) is 19.8 Å². The van der Waals surface area contributed by atoms with E-state index in [0.717, 1.165) is 40.9 Å². The number of furan rings is 1. The van der Waals surface area contributed by atoms with Crippen molar-refractivity contribution in [3.63, 3.8) is 0 Å². The van der Waals surface area contributed by atoms with Crippen LogP contribution in [-0.2, 0) is 4.79 Å². The summed E-state index contributed by atoms with van der Waals surface area (Å²) in [6.45, 7) is 2.03. The summed E-state index contributed by atoms with van der Waals surface area (Å²) in [5.74, 6) is -0.110. The van der Waals surface area contributed by atoms with E-state index in [9.17, 15) is 14.0 Å². The van der Waals surface area contributed by atoms with E-state index < -0.39 is 0 Å². The normalized spacial score (nSPS) is 12.9. The van der Waals surface area contributed by atoms with Crippen LogP contribution in [0.1, 0.15) is 28.8 Å². The second-order valence-corrected chi connectivity index (χ2v) is 9.89. The lowest BCUT2D eigenvalue weighted by Gasteiger charge is -2.24. The van der Waals surface area contributed by atoms with Crippen molar-refractivity contribution in [1.82, 2.24) is 5.32 Å². The van der Waals surface area contributed by atoms with Gasteiger partial charge in [0, 0.05) is 35.3 Å². The molecule has 1 N–H and O–H groups in total. The molecule has 2 amide bonds. The summed E-state index contributed by atoms with van der Waals surface area (Å²) in [7, 11) is 1.57. The number of aryl methyl sites for hydroxylation is 1. The zero-order valence-electron chi connectivity index (χ0n) is 21.7. The van der Waals surface area contributed by atoms with Gasteiger partial charge in [-0.2, -0.15) is 0 Å². The minimum absolute atomic E-state index is 0.0530. The molecule has 39 heavy (non-hydrogen) atoms. The predicted molar refractivity (Wildman–Crippen MR) is 151 cm³/mol. The van der Waals surface area contributed by atoms with Crippen molar-refractivity contribution in [1.29, 1.82) is 0 Å². The van der Waals surface area contributed by atoms with Crippen molar-refractivity contribution in [3.8, 4) is 22.5 Å². The van der Waals surface area contributed by atoms with Crippen LogP contribution in [0.15, 0.2) is 95.4 Å². The Balaban J connectivity index is 1.49. The Labute approximate surface area is 225 Å². The molecule has 6 rings (SSSR count). The number of benzene rings is 4. The fourth-order valence-corrected chi connectivity index (χ4v) is 4.97. The lowest BCUT2D eigenvalue weighted by atomic mass is 9.96. The minimum atomic E-state index is -0.362. The molecule has 1 aliphatic rings. The molecule has 1 aromatic heterocycles. The van der Waals surface area contributed by atoms with Gasteiger partial charge in [0.1, 0.15) is 17.2 Å². The number of carbonyl (C=O) groups excluding carboxylic acids is 2. The van der Waals surface area contributed by atoms with Gasteiger partial charge in [0.15, 0.2) is 0 Å². The van der Waals surface area contributed by atoms with Gasteiger partial charge in [0.2, 0.25) is 5.91 Å². The van der Waals surface area contributed by atoms with Gasteiger partial charge >= 0.3 is 0 Å². The third-order valence-corrected chi connectivity index (χ3v) is 7.20. The van der Waals surface area contributed by atoms with E-state index in [4.69, 9.17) is 4.42 Å². The third kappa shape index (κ3) is 4.59. The Morgan fingerprint density at radius 2 is 1.59 bits per heavy atom. The van der Waals surface area contributed by atoms with Crippen molar-refractivity contribution in [2.75, 3.05) is 11.9 Å². The highest BCUT2D eigenvalue weighted by Crippen LogP contribution is 2.40. The molecule has 0 spiro atoms. The number of nitrogens with one attached hydrogen (secondary N) is 1. The predicted octanol–water partition coefficient (Wildman–Crippen LogP) is 7.65. The lowest BCUT2D eigenvalue weighted by Crippen LogP contribution is -2.27. The second-order valence-electron chi connectivity index (χ2n) is 9.89. The first-order valence-electron chi connectivity index (χ1n) is 13.0. The Bertz CT molecular complexity index is 1700. The zero-order valence-corrected chi connectivity index (χ0v) is 21.7. The summed E-state index contributed by atoms with van der Waals surface area (Å²) < 4.78 is 19.7. The van der Waals surface area contributed by atoms with E-state index in [2.05, 4.69) is 5.32 Å². The fraction of sp³-hybridized carbons (Fsp3) is 0.152. The lowest BCUT2D eigenvalue weighted by molar-refractivity contribution is -0.119. The number of hydrogen-bond donors (Lipinski definition) is 1. The largest absolute Gasteiger partial charge is 0.455 e. The molecule has 1 aliphatic carbocycles. The molecule has 1 fully saturated rings. The Morgan fingerprint density at radius 1 is 0.872 bits per heavy atom. The molecular weight excluding hydrogens is 491 g/mol. The van der Waals surface area contributed by atoms with Gasteiger partial charge in [0.05, 0.1) is 5.56 Å². The number of fused-ring (bicyclic) bond motifs is 1. The van der Waals surface area contributed by atoms with Crippen molar-refractivity contribution >= 4 is 34.2 Å². The van der Waals surface area contributed by atoms with Gasteiger partial charge in [-0.25, -0.2) is 4.39 Å². The van der Waals surface area contributed by atoms with E-state index in [1.54, 1.807) is 24.1 Å². The quantitative estimate of drug-likeness (QED) is 0.251. The molecular formula is C33H27FN2O3. The summed E-state index contributed by atoms with van der Waals surface area (Å²) in [4.78, 5) is 28.2. The van der Waals surface area contributed by atoms with Gasteiger partial charge < -0.3 is 9.73 Å². The minimum Gasteiger partial charge on any atom is -0.455 e. The molecule has 194 valence electrons. The molecule has 5 nitrogen and oxygen atoms in total. The van der Waals surface area contributed by atoms with Crippen LogP contribution in [0, 0.1) is 18.7 Å². The van der Waals surface area contributed by atoms with E-state index in [1.165, 1.54) is 12.1 Å². The number of anilines is 2. The molecule has 0 aliphatic heterocycles. The number of rotatable bonds is 6. The first-order chi connectivity index (χ1) is 18.9. The summed E-state index contributed by atoms with van der Waals surface area (Å²) >= 11 is 0. The highest BCUT2D eigenvalue weighted by molar-refractivity contribution is 6.12. The van der Waals surface area contributed by atoms with E-state index in [0.29, 0.717) is 27.9 Å². The number of nitrogens with zero attached hydrogens (tertiary/aromatic N) is 1. The Morgan fingerprint density at radius 3 is 2.28 bits per heavy atom. The van der Waals surface area contributed by atoms with E-state index in [-0.39, 0.29) is 23.5 Å². The van der Waals surface area contributed by atoms with Gasteiger partial charge in [-0.3, -0.25) is 14.5 Å². The molecule has 0 atom stereocenters. The van der Waals surface area contributed by atoms with Gasteiger partial charge in [-0.05, 0) is 97.1 Å². The molecule has 0 unspecified atom stereocenters. The number of carbonyl (C=O) groups is 2. The average Bonchev–Trinajstić information content (AvgIpc) is 3.75. The van der Waals surface area contributed by atoms with Gasteiger partial charge in [-0.15, -0.1) is 0 Å². The van der Waals surface area contributed by atoms with Crippen molar-refractivity contribution in [2.24, 2.45) is 5.92 Å². The van der Waals surface area contributed by atoms with Crippen LogP contribution < -0.4 is 10.2 Å². The molecule has 1 heterocycles. The van der Waals surface area contributed by atoms with Crippen molar-refractivity contribution in [3.05, 3.63) is 108 Å². The highest BCUT2D eigenvalue weighted by atomic mass is 19.1. The molecule has 4 aromatic carbocycles. The summed E-state index contributed by atoms with van der Waals surface area (Å²) in [6.07, 6.45) is 1.83. The van der Waals surface area contributed by atoms with Crippen LogP contribution in [0.2, 0.25) is 0 Å². The smallest absolute Gasteiger partial charge is 0.255 e. The number of halogens is 1. The maximum Gasteiger partial charge on any atom is 0.255 e. The molecule has 0 saturated heterocycles. The third-order valence-electron chi connectivity index (χ3n) is 7.20. The molecule has 5 aromatic rings. The Kier molecular flexibility index (Phi) is 6.23. The van der Waals surface area contributed by atoms with Gasteiger partial charge in [-0.1, -0.05) is 30.3 Å². The monoisotopic (exact) mass is 518 g/mol. The standard InChI is InChI=1S/C33H27FN2O3/c1-20-8-16-26(36(33(38)22-9-10-22)25-6-4-3-5-7-25)19-27(20)23-13-17-29-28(18-23)30(32(37)35-2)31(39-29)21-11-14-24(34)15-12-21/h3-8,11-19,22H,9-10H2,1-2H3,(H,35,37). The summed E-state index contributed by atoms with van der Waals surface area (Å²) in [5, 5.41) is 3.36. The number of para-hydroxylation sites is 1. The first kappa shape index (κ1) is 24.6. The van der Waals surface area contributed by atoms with Crippen LogP contribution in [0.25, 0.3) is 33.4 Å². The maximum atomic E-state index is 13.6. The molecule has 0 bridgehead atoms. The summed E-state index contributed by atoms with van der Waals surface area (Å²) in [5.41, 5.74) is 6.07. The van der Waals surface area contributed by atoms with Crippen LogP contribution >= 0.6 is 0 Å². The Hall–Kier alpha value is -4.71. The number of hydrogen-bond acceptors (Lipinski definition) is 3. The molecule has 1 saturated carbocycles. The number of amides is 2. The highest BCUT2D eigenvalue weighted by Gasteiger charge is 2.35. The topological polar surface area (TPSA) is 62.6 Å². The fourth-order valence-electron chi connectivity index (χ4n) is 4.97. The van der Waals surface area contributed by atoms with E-state index in [1.807, 2.05) is 73.7 Å². The second kappa shape index (κ2) is 9.87. The van der Waals surface area contributed by atoms with Crippen LogP contribution in [-0.4, -0.2) is 18.9 Å². The molecule has 0 radical (unpaired) electrons. The van der Waals surface area contributed by atoms with Crippen LogP contribution in [0.4, 0.5) is 15.8 Å². The summed E-state index contributed by atoms with van der Waals surface area (Å²) in [6, 6.07) is 27.4. The van der Waals surface area contributed by atoms with Crippen LogP contribution in [0.3, 0.4) is 0 Å². The van der Waals surface area contributed by atoms with E-state index >= 15 is 0 Å². The maximum absolute atomic E-state index is 13.6. The molecule has 6 heteroatoms. The van der Waals surface area contributed by atoms with Crippen molar-refractivity contribution < 1.29 is 18.4 Å². The zero-order chi connectivity index (χ0) is 27.1. The SMILES string of the molecule is CNC(=O)c1c(-c2ccc(F)cc2)oc2ccc(-c3cc(N(C(=O)C4CC4)c4ccccc4)ccc3C)cc12. The first-order valence-corrected chi connectivity index (χ1v) is 13.0. The average molecular weight is 519 g/mol.